The van der Waals surface area contributed by atoms with Crippen LogP contribution in [0.2, 0.25) is 0 Å². The van der Waals surface area contributed by atoms with Crippen LogP contribution in [0.1, 0.15) is 39.5 Å². The zero-order valence-electron chi connectivity index (χ0n) is 8.08. The Morgan fingerprint density at radius 3 is 2.50 bits per heavy atom. The van der Waals surface area contributed by atoms with Gasteiger partial charge in [-0.15, -0.1) is 0 Å². The Labute approximate surface area is 77.8 Å². The first-order valence-electron chi connectivity index (χ1n) is 4.74. The molecule has 0 rings (SSSR count). The highest BCUT2D eigenvalue weighted by molar-refractivity contribution is 7.85. The molecule has 3 heteroatoms. The van der Waals surface area contributed by atoms with Gasteiger partial charge in [-0.2, -0.15) is 0 Å². The van der Waals surface area contributed by atoms with Crippen molar-refractivity contribution in [3.8, 4) is 0 Å². The molecule has 0 aromatic heterocycles. The Morgan fingerprint density at radius 1 is 1.42 bits per heavy atom. The lowest BCUT2D eigenvalue weighted by Crippen LogP contribution is -2.18. The summed E-state index contributed by atoms with van der Waals surface area (Å²) < 4.78 is 11.4. The summed E-state index contributed by atoms with van der Waals surface area (Å²) in [6, 6.07) is 0. The highest BCUT2D eigenvalue weighted by Crippen LogP contribution is 2.11. The minimum Gasteiger partial charge on any atom is -0.395 e. The highest BCUT2D eigenvalue weighted by atomic mass is 32.2. The lowest BCUT2D eigenvalue weighted by Gasteiger charge is -2.12. The lowest BCUT2D eigenvalue weighted by atomic mass is 10.2. The zero-order valence-corrected chi connectivity index (χ0v) is 8.90. The molecule has 0 aliphatic heterocycles. The van der Waals surface area contributed by atoms with Gasteiger partial charge in [0.1, 0.15) is 0 Å². The van der Waals surface area contributed by atoms with Gasteiger partial charge in [0.25, 0.3) is 0 Å². The molecular formula is C9H20O2S. The van der Waals surface area contributed by atoms with E-state index < -0.39 is 10.8 Å². The second kappa shape index (κ2) is 7.74. The topological polar surface area (TPSA) is 37.3 Å². The van der Waals surface area contributed by atoms with Crippen LogP contribution in [0.15, 0.2) is 0 Å². The van der Waals surface area contributed by atoms with Gasteiger partial charge < -0.3 is 5.11 Å². The molecule has 0 aromatic rings. The molecule has 0 saturated carbocycles. The number of rotatable bonds is 7. The smallest absolute Gasteiger partial charge is 0.0546 e. The zero-order chi connectivity index (χ0) is 9.40. The number of hydrogen-bond donors (Lipinski definition) is 1. The third-order valence-electron chi connectivity index (χ3n) is 2.00. The first kappa shape index (κ1) is 12.1. The van der Waals surface area contributed by atoms with Crippen molar-refractivity contribution in [2.24, 2.45) is 0 Å². The van der Waals surface area contributed by atoms with E-state index in [0.29, 0.717) is 11.0 Å². The van der Waals surface area contributed by atoms with Gasteiger partial charge in [0, 0.05) is 21.8 Å². The molecule has 0 spiro atoms. The van der Waals surface area contributed by atoms with Gasteiger partial charge in [0.15, 0.2) is 0 Å². The van der Waals surface area contributed by atoms with Crippen LogP contribution in [0.4, 0.5) is 0 Å². The van der Waals surface area contributed by atoms with Gasteiger partial charge in [-0.1, -0.05) is 26.7 Å². The van der Waals surface area contributed by atoms with Crippen molar-refractivity contribution >= 4 is 10.8 Å². The minimum absolute atomic E-state index is 0.0508. The molecule has 2 nitrogen and oxygen atoms in total. The normalized spacial score (nSPS) is 15.9. The quantitative estimate of drug-likeness (QED) is 0.666. The van der Waals surface area contributed by atoms with Crippen LogP contribution in [-0.2, 0) is 10.8 Å². The standard InChI is InChI=1S/C9H20O2S/c1-3-5-6-9(4-2)12(11)8-7-10/h9-10H,3-8H2,1-2H3. The fourth-order valence-electron chi connectivity index (χ4n) is 1.21. The first-order chi connectivity index (χ1) is 5.76. The van der Waals surface area contributed by atoms with Crippen LogP contribution in [0.3, 0.4) is 0 Å². The monoisotopic (exact) mass is 192 g/mol. The molecule has 0 aliphatic rings. The highest BCUT2D eigenvalue weighted by Gasteiger charge is 2.12. The predicted molar refractivity (Wildman–Crippen MR) is 53.7 cm³/mol. The summed E-state index contributed by atoms with van der Waals surface area (Å²) in [6.07, 6.45) is 4.31. The van der Waals surface area contributed by atoms with Crippen LogP contribution < -0.4 is 0 Å². The molecule has 0 amide bonds. The van der Waals surface area contributed by atoms with Gasteiger partial charge in [0.05, 0.1) is 6.61 Å². The molecule has 0 fully saturated rings. The lowest BCUT2D eigenvalue weighted by molar-refractivity contribution is 0.321. The Bertz CT molecular complexity index is 126. The molecule has 0 aromatic carbocycles. The molecule has 1 N–H and O–H groups in total. The maximum Gasteiger partial charge on any atom is 0.0546 e. The molecule has 2 unspecified atom stereocenters. The van der Waals surface area contributed by atoms with E-state index in [1.165, 1.54) is 0 Å². The Balaban J connectivity index is 3.71. The maximum atomic E-state index is 11.4. The van der Waals surface area contributed by atoms with E-state index in [1.54, 1.807) is 0 Å². The molecule has 0 aliphatic carbocycles. The van der Waals surface area contributed by atoms with Crippen molar-refractivity contribution in [1.82, 2.24) is 0 Å². The molecule has 12 heavy (non-hydrogen) atoms. The number of aliphatic hydroxyl groups is 1. The average Bonchev–Trinajstić information content (AvgIpc) is 2.06. The molecular weight excluding hydrogens is 172 g/mol. The summed E-state index contributed by atoms with van der Waals surface area (Å²) in [5.74, 6) is 0.447. The number of unbranched alkanes of at least 4 members (excludes halogenated alkanes) is 1. The van der Waals surface area contributed by atoms with Crippen molar-refractivity contribution in [2.45, 2.75) is 44.8 Å². The van der Waals surface area contributed by atoms with Gasteiger partial charge in [-0.3, -0.25) is 4.21 Å². The van der Waals surface area contributed by atoms with E-state index in [1.807, 2.05) is 0 Å². The van der Waals surface area contributed by atoms with Crippen LogP contribution in [-0.4, -0.2) is 26.9 Å². The van der Waals surface area contributed by atoms with Crippen LogP contribution in [0.25, 0.3) is 0 Å². The Hall–Kier alpha value is 0.110. The summed E-state index contributed by atoms with van der Waals surface area (Å²) in [7, 11) is -0.809. The van der Waals surface area contributed by atoms with E-state index in [-0.39, 0.29) is 6.61 Å². The average molecular weight is 192 g/mol. The molecule has 0 radical (unpaired) electrons. The molecule has 0 saturated heterocycles. The van der Waals surface area contributed by atoms with Crippen LogP contribution in [0.5, 0.6) is 0 Å². The summed E-state index contributed by atoms with van der Waals surface area (Å²) in [5, 5.41) is 8.92. The molecule has 0 bridgehead atoms. The fraction of sp³-hybridized carbons (Fsp3) is 1.00. The van der Waals surface area contributed by atoms with E-state index in [0.717, 1.165) is 25.7 Å². The largest absolute Gasteiger partial charge is 0.395 e. The predicted octanol–water partition coefficient (Wildman–Crippen LogP) is 1.70. The van der Waals surface area contributed by atoms with Crippen LogP contribution in [0, 0.1) is 0 Å². The van der Waals surface area contributed by atoms with Crippen molar-refractivity contribution < 1.29 is 9.32 Å². The third kappa shape index (κ3) is 4.88. The summed E-state index contributed by atoms with van der Waals surface area (Å²) in [4.78, 5) is 0. The first-order valence-corrected chi connectivity index (χ1v) is 6.12. The molecule has 0 heterocycles. The number of hydrogen-bond acceptors (Lipinski definition) is 2. The van der Waals surface area contributed by atoms with Gasteiger partial charge >= 0.3 is 0 Å². The second-order valence-electron chi connectivity index (χ2n) is 2.98. The minimum atomic E-state index is -0.809. The second-order valence-corrected chi connectivity index (χ2v) is 4.82. The van der Waals surface area contributed by atoms with Gasteiger partial charge in [-0.25, -0.2) is 0 Å². The third-order valence-corrected chi connectivity index (χ3v) is 3.90. The molecule has 2 atom stereocenters. The van der Waals surface area contributed by atoms with Crippen LogP contribution >= 0.6 is 0 Å². The SMILES string of the molecule is CCCCC(CC)S(=O)CCO. The van der Waals surface area contributed by atoms with E-state index in [9.17, 15) is 4.21 Å². The van der Waals surface area contributed by atoms with Crippen molar-refractivity contribution in [2.75, 3.05) is 12.4 Å². The van der Waals surface area contributed by atoms with Crippen molar-refractivity contribution in [1.29, 1.82) is 0 Å². The summed E-state index contributed by atoms with van der Waals surface area (Å²) >= 11 is 0. The van der Waals surface area contributed by atoms with Gasteiger partial charge in [0.2, 0.25) is 0 Å². The molecule has 74 valence electrons. The van der Waals surface area contributed by atoms with Gasteiger partial charge in [-0.05, 0) is 12.8 Å². The fourth-order valence-corrected chi connectivity index (χ4v) is 2.52. The van der Waals surface area contributed by atoms with Crippen molar-refractivity contribution in [3.63, 3.8) is 0 Å². The van der Waals surface area contributed by atoms with E-state index in [2.05, 4.69) is 13.8 Å². The van der Waals surface area contributed by atoms with Crippen molar-refractivity contribution in [3.05, 3.63) is 0 Å². The summed E-state index contributed by atoms with van der Waals surface area (Å²) in [6.45, 7) is 4.26. The number of aliphatic hydroxyl groups excluding tert-OH is 1. The van der Waals surface area contributed by atoms with E-state index >= 15 is 0 Å². The Kier molecular flexibility index (Phi) is 7.81. The Morgan fingerprint density at radius 2 is 2.08 bits per heavy atom. The van der Waals surface area contributed by atoms with E-state index in [4.69, 9.17) is 5.11 Å². The summed E-state index contributed by atoms with van der Waals surface area (Å²) in [5.41, 5.74) is 0. The maximum absolute atomic E-state index is 11.4.